The fourth-order valence-corrected chi connectivity index (χ4v) is 2.98. The Balaban J connectivity index is 1.50. The van der Waals surface area contributed by atoms with Crippen molar-refractivity contribution in [2.24, 2.45) is 0 Å². The molecule has 10 heteroatoms. The van der Waals surface area contributed by atoms with E-state index in [4.69, 9.17) is 10.2 Å². The van der Waals surface area contributed by atoms with Crippen molar-refractivity contribution in [1.29, 1.82) is 5.26 Å². The molecule has 0 atom stereocenters. The quantitative estimate of drug-likeness (QED) is 0.472. The van der Waals surface area contributed by atoms with Crippen LogP contribution in [0.5, 0.6) is 0 Å². The third kappa shape index (κ3) is 5.08. The Morgan fingerprint density at radius 1 is 1.26 bits per heavy atom. The number of aromatic nitrogens is 2. The zero-order valence-corrected chi connectivity index (χ0v) is 16.8. The largest absolute Gasteiger partial charge is 0.469 e. The lowest BCUT2D eigenvalue weighted by Gasteiger charge is -2.06. The molecule has 1 aromatic carbocycles. The molecule has 0 fully saturated rings. The number of benzene rings is 1. The molecule has 0 saturated heterocycles. The van der Waals surface area contributed by atoms with Crippen LogP contribution in [0.3, 0.4) is 0 Å². The number of nitrogen functional groups attached to an aromatic ring is 1. The summed E-state index contributed by atoms with van der Waals surface area (Å²) in [6.07, 6.45) is 2.32. The van der Waals surface area contributed by atoms with Gasteiger partial charge in [0.05, 0.1) is 29.8 Å². The lowest BCUT2D eigenvalue weighted by molar-refractivity contribution is -0.120. The van der Waals surface area contributed by atoms with E-state index in [1.807, 2.05) is 6.07 Å². The highest BCUT2D eigenvalue weighted by Gasteiger charge is 2.17. The molecule has 4 N–H and O–H groups in total. The van der Waals surface area contributed by atoms with Crippen LogP contribution in [0.15, 0.2) is 41.0 Å². The summed E-state index contributed by atoms with van der Waals surface area (Å²) in [7, 11) is 0. The number of carbonyl (C=O) groups excluding carboxylic acids is 2. The zero-order chi connectivity index (χ0) is 22.4. The SMILES string of the molecule is Cc1occc1C(=O)NCC(=O)NCCCc1nn(-c2ccc(F)cc2)c(N)c1C#N. The van der Waals surface area contributed by atoms with Gasteiger partial charge in [-0.25, -0.2) is 9.07 Å². The monoisotopic (exact) mass is 424 g/mol. The van der Waals surface area contributed by atoms with Crippen molar-refractivity contribution in [2.75, 3.05) is 18.8 Å². The van der Waals surface area contributed by atoms with Gasteiger partial charge in [-0.05, 0) is 50.1 Å². The van der Waals surface area contributed by atoms with Crippen molar-refractivity contribution in [1.82, 2.24) is 20.4 Å². The normalized spacial score (nSPS) is 10.5. The summed E-state index contributed by atoms with van der Waals surface area (Å²) in [5.41, 5.74) is 7.68. The summed E-state index contributed by atoms with van der Waals surface area (Å²) < 4.78 is 19.6. The van der Waals surface area contributed by atoms with Crippen LogP contribution in [0.25, 0.3) is 5.69 Å². The van der Waals surface area contributed by atoms with Crippen LogP contribution in [0, 0.1) is 24.1 Å². The molecule has 0 aliphatic heterocycles. The second kappa shape index (κ2) is 9.58. The standard InChI is InChI=1S/C21H21FN6O3/c1-13-16(8-10-31-13)21(30)26-12-19(29)25-9-2-3-18-17(11-23)20(24)28(27-18)15-6-4-14(22)5-7-15/h4-8,10H,2-3,9,12,24H2,1H3,(H,25,29)(H,26,30). The maximum Gasteiger partial charge on any atom is 0.255 e. The number of carbonyl (C=O) groups is 2. The molecule has 9 nitrogen and oxygen atoms in total. The van der Waals surface area contributed by atoms with E-state index < -0.39 is 0 Å². The molecular formula is C21H21FN6O3. The first kappa shape index (κ1) is 21.6. The first-order valence-electron chi connectivity index (χ1n) is 9.53. The molecular weight excluding hydrogens is 403 g/mol. The number of hydrogen-bond acceptors (Lipinski definition) is 6. The molecule has 0 unspecified atom stereocenters. The number of rotatable bonds is 8. The van der Waals surface area contributed by atoms with E-state index >= 15 is 0 Å². The highest BCUT2D eigenvalue weighted by molar-refractivity contribution is 5.97. The van der Waals surface area contributed by atoms with E-state index in [1.165, 1.54) is 41.3 Å². The minimum Gasteiger partial charge on any atom is -0.469 e. The molecule has 0 aliphatic rings. The summed E-state index contributed by atoms with van der Waals surface area (Å²) in [5, 5.41) is 19.0. The van der Waals surface area contributed by atoms with Crippen LogP contribution < -0.4 is 16.4 Å². The van der Waals surface area contributed by atoms with E-state index in [1.54, 1.807) is 6.92 Å². The lowest BCUT2D eigenvalue weighted by atomic mass is 10.1. The maximum atomic E-state index is 13.1. The minimum atomic E-state index is -0.387. The molecule has 2 aromatic heterocycles. The Hall–Kier alpha value is -4.13. The predicted octanol–water partition coefficient (Wildman–Crippen LogP) is 1.85. The second-order valence-corrected chi connectivity index (χ2v) is 6.73. The molecule has 0 aliphatic carbocycles. The van der Waals surface area contributed by atoms with Gasteiger partial charge in [0, 0.05) is 6.54 Å². The smallest absolute Gasteiger partial charge is 0.255 e. The van der Waals surface area contributed by atoms with Gasteiger partial charge in [-0.2, -0.15) is 10.4 Å². The average Bonchev–Trinajstić information content (AvgIpc) is 3.32. The summed E-state index contributed by atoms with van der Waals surface area (Å²) in [6, 6.07) is 9.17. The van der Waals surface area contributed by atoms with Crippen LogP contribution in [0.1, 0.15) is 33.8 Å². The molecule has 160 valence electrons. The minimum absolute atomic E-state index is 0.168. The molecule has 2 amide bonds. The Kier molecular flexibility index (Phi) is 6.67. The number of nitrogens with zero attached hydrogens (tertiary/aromatic N) is 3. The molecule has 0 radical (unpaired) electrons. The highest BCUT2D eigenvalue weighted by Crippen LogP contribution is 2.21. The molecule has 3 aromatic rings. The Morgan fingerprint density at radius 3 is 2.65 bits per heavy atom. The fraction of sp³-hybridized carbons (Fsp3) is 0.238. The first-order valence-corrected chi connectivity index (χ1v) is 9.53. The Bertz CT molecular complexity index is 1130. The average molecular weight is 424 g/mol. The summed E-state index contributed by atoms with van der Waals surface area (Å²) >= 11 is 0. The number of halogens is 1. The van der Waals surface area contributed by atoms with Crippen LogP contribution in [0.4, 0.5) is 10.2 Å². The van der Waals surface area contributed by atoms with Gasteiger partial charge in [-0.15, -0.1) is 0 Å². The second-order valence-electron chi connectivity index (χ2n) is 6.73. The van der Waals surface area contributed by atoms with Crippen molar-refractivity contribution in [2.45, 2.75) is 19.8 Å². The zero-order valence-electron chi connectivity index (χ0n) is 16.8. The van der Waals surface area contributed by atoms with E-state index in [2.05, 4.69) is 15.7 Å². The third-order valence-electron chi connectivity index (χ3n) is 4.60. The van der Waals surface area contributed by atoms with Crippen molar-refractivity contribution >= 4 is 17.6 Å². The molecule has 0 spiro atoms. The Labute approximate surface area is 177 Å². The molecule has 31 heavy (non-hydrogen) atoms. The van der Waals surface area contributed by atoms with E-state index in [0.29, 0.717) is 42.1 Å². The van der Waals surface area contributed by atoms with Gasteiger partial charge >= 0.3 is 0 Å². The predicted molar refractivity (Wildman–Crippen MR) is 110 cm³/mol. The van der Waals surface area contributed by atoms with Crippen molar-refractivity contribution < 1.29 is 18.4 Å². The van der Waals surface area contributed by atoms with Crippen molar-refractivity contribution in [3.05, 3.63) is 65.0 Å². The van der Waals surface area contributed by atoms with E-state index in [0.717, 1.165) is 0 Å². The molecule has 0 bridgehead atoms. The van der Waals surface area contributed by atoms with Gasteiger partial charge in [0.15, 0.2) is 0 Å². The highest BCUT2D eigenvalue weighted by atomic mass is 19.1. The van der Waals surface area contributed by atoms with Crippen LogP contribution in [-0.2, 0) is 11.2 Å². The van der Waals surface area contributed by atoms with Crippen LogP contribution in [0.2, 0.25) is 0 Å². The summed E-state index contributed by atoms with van der Waals surface area (Å²) in [6.45, 7) is 1.82. The summed E-state index contributed by atoms with van der Waals surface area (Å²) in [5.74, 6) is -0.466. The molecule has 3 rings (SSSR count). The maximum absolute atomic E-state index is 13.1. The van der Waals surface area contributed by atoms with Crippen LogP contribution >= 0.6 is 0 Å². The number of furan rings is 1. The summed E-state index contributed by atoms with van der Waals surface area (Å²) in [4.78, 5) is 23.9. The number of nitrogens with one attached hydrogen (secondary N) is 2. The van der Waals surface area contributed by atoms with Crippen molar-refractivity contribution in [3.8, 4) is 11.8 Å². The number of nitrogens with two attached hydrogens (primary N) is 1. The number of nitriles is 1. The van der Waals surface area contributed by atoms with Gasteiger partial charge in [0.1, 0.15) is 29.0 Å². The van der Waals surface area contributed by atoms with Gasteiger partial charge in [0.2, 0.25) is 5.91 Å². The van der Waals surface area contributed by atoms with Gasteiger partial charge < -0.3 is 20.8 Å². The number of hydrogen-bond donors (Lipinski definition) is 3. The first-order chi connectivity index (χ1) is 14.9. The van der Waals surface area contributed by atoms with E-state index in [9.17, 15) is 19.2 Å². The Morgan fingerprint density at radius 2 is 2.00 bits per heavy atom. The van der Waals surface area contributed by atoms with Crippen LogP contribution in [-0.4, -0.2) is 34.7 Å². The number of anilines is 1. The molecule has 0 saturated carbocycles. The number of aryl methyl sites for hydroxylation is 2. The van der Waals surface area contributed by atoms with Gasteiger partial charge in [0.25, 0.3) is 5.91 Å². The lowest BCUT2D eigenvalue weighted by Crippen LogP contribution is -2.37. The number of amides is 2. The van der Waals surface area contributed by atoms with Gasteiger partial charge in [-0.3, -0.25) is 9.59 Å². The fourth-order valence-electron chi connectivity index (χ4n) is 2.98. The van der Waals surface area contributed by atoms with Gasteiger partial charge in [-0.1, -0.05) is 0 Å². The van der Waals surface area contributed by atoms with E-state index in [-0.39, 0.29) is 35.6 Å². The third-order valence-corrected chi connectivity index (χ3v) is 4.60. The molecule has 2 heterocycles. The van der Waals surface area contributed by atoms with Crippen molar-refractivity contribution in [3.63, 3.8) is 0 Å². The topological polar surface area (TPSA) is 139 Å².